The van der Waals surface area contributed by atoms with E-state index in [0.717, 1.165) is 61.2 Å². The quantitative estimate of drug-likeness (QED) is 0.397. The molecule has 2 aliphatic heterocycles. The van der Waals surface area contributed by atoms with Crippen LogP contribution in [0.25, 0.3) is 11.1 Å². The van der Waals surface area contributed by atoms with Crippen LogP contribution in [0.5, 0.6) is 11.5 Å². The second-order valence-corrected chi connectivity index (χ2v) is 11.2. The average molecular weight is 587 g/mol. The number of rotatable bonds is 7. The Bertz CT molecular complexity index is 1470. The Balaban J connectivity index is 1.27. The van der Waals surface area contributed by atoms with Gasteiger partial charge in [-0.1, -0.05) is 24.3 Å². The minimum atomic E-state index is -0.325. The predicted octanol–water partition coefficient (Wildman–Crippen LogP) is 5.01. The third-order valence-corrected chi connectivity index (χ3v) is 8.44. The number of carbonyl (C=O) groups excluding carboxylic acids is 2. The first-order valence-corrected chi connectivity index (χ1v) is 14.9. The van der Waals surface area contributed by atoms with E-state index in [-0.39, 0.29) is 30.9 Å². The molecule has 0 unspecified atom stereocenters. The first kappa shape index (κ1) is 28.8. The number of anilines is 2. The van der Waals surface area contributed by atoms with E-state index in [4.69, 9.17) is 24.7 Å². The van der Waals surface area contributed by atoms with E-state index in [1.165, 1.54) is 7.11 Å². The fourth-order valence-electron chi connectivity index (χ4n) is 6.05. The van der Waals surface area contributed by atoms with Crippen LogP contribution in [0.2, 0.25) is 0 Å². The standard InChI is InChI=1S/C33H38N4O6/c1-40-33(39)37(27-9-7-26(34)8-10-27)20-22-3-2-4-23(17-22)24-5-11-29(36-13-15-41-16-14-36)28(18-24)35-32(38)25-6-12-30-31(19-25)43-21-42-30/h2-6,11-12,17-19,26-27H,7-10,13-16,20-21,34H2,1H3,(H,35,38). The normalized spacial score (nSPS) is 19.5. The molecule has 2 heterocycles. The zero-order chi connectivity index (χ0) is 29.8. The lowest BCUT2D eigenvalue weighted by Crippen LogP contribution is -2.43. The molecule has 1 saturated heterocycles. The van der Waals surface area contributed by atoms with Crippen LogP contribution in [0.1, 0.15) is 41.6 Å². The van der Waals surface area contributed by atoms with Crippen molar-refractivity contribution in [3.63, 3.8) is 0 Å². The molecule has 6 rings (SSSR count). The van der Waals surface area contributed by atoms with Crippen LogP contribution >= 0.6 is 0 Å². The highest BCUT2D eigenvalue weighted by Gasteiger charge is 2.28. The van der Waals surface area contributed by atoms with E-state index in [1.807, 2.05) is 29.2 Å². The molecule has 2 amide bonds. The molecule has 226 valence electrons. The average Bonchev–Trinajstić information content (AvgIpc) is 3.52. The molecule has 2 fully saturated rings. The van der Waals surface area contributed by atoms with Gasteiger partial charge < -0.3 is 39.8 Å². The molecule has 3 aliphatic rings. The van der Waals surface area contributed by atoms with Gasteiger partial charge in [0, 0.05) is 37.3 Å². The number of nitrogens with two attached hydrogens (primary N) is 1. The summed E-state index contributed by atoms with van der Waals surface area (Å²) < 4.78 is 21.6. The minimum absolute atomic E-state index is 0.0988. The number of amides is 2. The van der Waals surface area contributed by atoms with Crippen LogP contribution < -0.4 is 25.4 Å². The van der Waals surface area contributed by atoms with Crippen molar-refractivity contribution < 1.29 is 28.5 Å². The molecule has 3 aromatic carbocycles. The summed E-state index contributed by atoms with van der Waals surface area (Å²) in [5.74, 6) is 0.952. The Hall–Kier alpha value is -4.28. The molecule has 0 atom stereocenters. The van der Waals surface area contributed by atoms with Crippen LogP contribution in [0.3, 0.4) is 0 Å². The number of carbonyl (C=O) groups is 2. The summed E-state index contributed by atoms with van der Waals surface area (Å²) >= 11 is 0. The summed E-state index contributed by atoms with van der Waals surface area (Å²) in [7, 11) is 1.43. The zero-order valence-corrected chi connectivity index (χ0v) is 24.4. The van der Waals surface area contributed by atoms with E-state index in [1.54, 1.807) is 18.2 Å². The molecule has 10 heteroatoms. The van der Waals surface area contributed by atoms with E-state index in [2.05, 4.69) is 28.4 Å². The number of methoxy groups -OCH3 is 1. The van der Waals surface area contributed by atoms with Crippen LogP contribution in [0.4, 0.5) is 16.2 Å². The van der Waals surface area contributed by atoms with Gasteiger partial charge in [-0.3, -0.25) is 4.79 Å². The molecule has 0 radical (unpaired) electrons. The Morgan fingerprint density at radius 2 is 1.72 bits per heavy atom. The molecule has 0 spiro atoms. The predicted molar refractivity (Wildman–Crippen MR) is 164 cm³/mol. The SMILES string of the molecule is COC(=O)N(Cc1cccc(-c2ccc(N3CCOCC3)c(NC(=O)c3ccc4c(c3)OCO4)c2)c1)C1CCC(N)CC1. The maximum atomic E-state index is 13.4. The van der Waals surface area contributed by atoms with E-state index < -0.39 is 0 Å². The van der Waals surface area contributed by atoms with Gasteiger partial charge in [0.15, 0.2) is 11.5 Å². The van der Waals surface area contributed by atoms with Gasteiger partial charge in [0.25, 0.3) is 5.91 Å². The highest BCUT2D eigenvalue weighted by atomic mass is 16.7. The lowest BCUT2D eigenvalue weighted by Gasteiger charge is -2.35. The minimum Gasteiger partial charge on any atom is -0.454 e. The van der Waals surface area contributed by atoms with Crippen LogP contribution in [-0.4, -0.2) is 69.2 Å². The third-order valence-electron chi connectivity index (χ3n) is 8.44. The van der Waals surface area contributed by atoms with Crippen LogP contribution in [0.15, 0.2) is 60.7 Å². The summed E-state index contributed by atoms with van der Waals surface area (Å²) in [4.78, 5) is 30.2. The summed E-state index contributed by atoms with van der Waals surface area (Å²) in [5.41, 5.74) is 11.2. The van der Waals surface area contributed by atoms with Crippen molar-refractivity contribution >= 4 is 23.4 Å². The number of hydrogen-bond donors (Lipinski definition) is 2. The van der Waals surface area contributed by atoms with Crippen LogP contribution in [-0.2, 0) is 16.0 Å². The molecule has 3 N–H and O–H groups in total. The summed E-state index contributed by atoms with van der Waals surface area (Å²) in [6.07, 6.45) is 3.20. The number of benzene rings is 3. The lowest BCUT2D eigenvalue weighted by molar-refractivity contribution is 0.0879. The van der Waals surface area contributed by atoms with Crippen LogP contribution in [0, 0.1) is 0 Å². The molecule has 1 aliphatic carbocycles. The van der Waals surface area contributed by atoms with Gasteiger partial charge in [-0.2, -0.15) is 0 Å². The fraction of sp³-hybridized carbons (Fsp3) is 0.394. The molecule has 1 saturated carbocycles. The first-order valence-electron chi connectivity index (χ1n) is 14.9. The molecule has 0 aromatic heterocycles. The molecular weight excluding hydrogens is 548 g/mol. The lowest BCUT2D eigenvalue weighted by atomic mass is 9.90. The number of nitrogens with one attached hydrogen (secondary N) is 1. The Morgan fingerprint density at radius 3 is 2.51 bits per heavy atom. The second-order valence-electron chi connectivity index (χ2n) is 11.2. The first-order chi connectivity index (χ1) is 21.0. The molecule has 3 aromatic rings. The van der Waals surface area contributed by atoms with Gasteiger partial charge in [-0.05, 0) is 78.8 Å². The van der Waals surface area contributed by atoms with Gasteiger partial charge in [0.2, 0.25) is 6.79 Å². The number of hydrogen-bond acceptors (Lipinski definition) is 8. The Labute approximate surface area is 251 Å². The van der Waals surface area contributed by atoms with Gasteiger partial charge in [0.05, 0.1) is 31.7 Å². The number of ether oxygens (including phenoxy) is 4. The maximum absolute atomic E-state index is 13.4. The van der Waals surface area contributed by atoms with E-state index in [9.17, 15) is 9.59 Å². The third kappa shape index (κ3) is 6.55. The van der Waals surface area contributed by atoms with E-state index >= 15 is 0 Å². The van der Waals surface area contributed by atoms with Crippen molar-refractivity contribution in [2.75, 3.05) is 50.4 Å². The Morgan fingerprint density at radius 1 is 0.953 bits per heavy atom. The zero-order valence-electron chi connectivity index (χ0n) is 24.4. The smallest absolute Gasteiger partial charge is 0.410 e. The van der Waals surface area contributed by atoms with Crippen molar-refractivity contribution in [1.82, 2.24) is 4.90 Å². The number of morpholine rings is 1. The van der Waals surface area contributed by atoms with Gasteiger partial charge in [-0.25, -0.2) is 4.79 Å². The van der Waals surface area contributed by atoms with Crippen molar-refractivity contribution in [3.8, 4) is 22.6 Å². The van der Waals surface area contributed by atoms with Crippen molar-refractivity contribution in [2.45, 2.75) is 44.3 Å². The number of nitrogens with zero attached hydrogens (tertiary/aromatic N) is 2. The summed E-state index contributed by atoms with van der Waals surface area (Å²) in [6.45, 7) is 3.31. The van der Waals surface area contributed by atoms with Gasteiger partial charge in [-0.15, -0.1) is 0 Å². The van der Waals surface area contributed by atoms with Crippen molar-refractivity contribution in [1.29, 1.82) is 0 Å². The topological polar surface area (TPSA) is 116 Å². The van der Waals surface area contributed by atoms with Crippen molar-refractivity contribution in [2.24, 2.45) is 5.73 Å². The molecule has 10 nitrogen and oxygen atoms in total. The largest absolute Gasteiger partial charge is 0.454 e. The van der Waals surface area contributed by atoms with Crippen molar-refractivity contribution in [3.05, 3.63) is 71.8 Å². The molecule has 43 heavy (non-hydrogen) atoms. The summed E-state index contributed by atoms with van der Waals surface area (Å²) in [5, 5.41) is 3.14. The molecule has 0 bridgehead atoms. The van der Waals surface area contributed by atoms with E-state index in [0.29, 0.717) is 42.5 Å². The summed E-state index contributed by atoms with van der Waals surface area (Å²) in [6, 6.07) is 19.8. The monoisotopic (exact) mass is 586 g/mol. The highest BCUT2D eigenvalue weighted by Crippen LogP contribution is 2.35. The number of fused-ring (bicyclic) bond motifs is 1. The maximum Gasteiger partial charge on any atom is 0.410 e. The Kier molecular flexibility index (Phi) is 8.67. The van der Waals surface area contributed by atoms with Gasteiger partial charge in [0.1, 0.15) is 0 Å². The second kappa shape index (κ2) is 12.9. The molecular formula is C33H38N4O6. The fourth-order valence-corrected chi connectivity index (χ4v) is 6.05. The van der Waals surface area contributed by atoms with Gasteiger partial charge >= 0.3 is 6.09 Å². The highest BCUT2D eigenvalue weighted by molar-refractivity contribution is 6.06.